The SMILES string of the molecule is Cc1ccc(C)c(NC(=S)NC2CCC(C)(C)C2)c1. The van der Waals surface area contributed by atoms with Crippen molar-refractivity contribution in [3.63, 3.8) is 0 Å². The van der Waals surface area contributed by atoms with Gasteiger partial charge in [0.05, 0.1) is 0 Å². The zero-order chi connectivity index (χ0) is 14.0. The van der Waals surface area contributed by atoms with Gasteiger partial charge in [0.1, 0.15) is 0 Å². The van der Waals surface area contributed by atoms with E-state index in [1.165, 1.54) is 30.4 Å². The van der Waals surface area contributed by atoms with Gasteiger partial charge in [-0.05, 0) is 67.9 Å². The first-order valence-corrected chi connectivity index (χ1v) is 7.41. The summed E-state index contributed by atoms with van der Waals surface area (Å²) in [5.41, 5.74) is 4.03. The van der Waals surface area contributed by atoms with E-state index in [4.69, 9.17) is 12.2 Å². The predicted octanol–water partition coefficient (Wildman–Crippen LogP) is 4.17. The third-order valence-corrected chi connectivity index (χ3v) is 4.16. The Morgan fingerprint density at radius 1 is 1.32 bits per heavy atom. The Kier molecular flexibility index (Phi) is 4.14. The molecule has 1 aliphatic carbocycles. The van der Waals surface area contributed by atoms with Gasteiger partial charge in [0.15, 0.2) is 5.11 Å². The first-order valence-electron chi connectivity index (χ1n) is 7.00. The fourth-order valence-corrected chi connectivity index (χ4v) is 3.05. The quantitative estimate of drug-likeness (QED) is 0.793. The van der Waals surface area contributed by atoms with Gasteiger partial charge < -0.3 is 10.6 Å². The third kappa shape index (κ3) is 3.93. The van der Waals surface area contributed by atoms with E-state index in [1.54, 1.807) is 0 Å². The lowest BCUT2D eigenvalue weighted by Gasteiger charge is -2.20. The van der Waals surface area contributed by atoms with Crippen molar-refractivity contribution in [2.24, 2.45) is 5.41 Å². The molecule has 1 saturated carbocycles. The highest BCUT2D eigenvalue weighted by molar-refractivity contribution is 7.80. The molecule has 0 amide bonds. The normalized spacial score (nSPS) is 21.2. The number of benzene rings is 1. The molecule has 2 nitrogen and oxygen atoms in total. The lowest BCUT2D eigenvalue weighted by atomic mass is 9.92. The maximum absolute atomic E-state index is 5.43. The maximum Gasteiger partial charge on any atom is 0.171 e. The van der Waals surface area contributed by atoms with Crippen LogP contribution in [0.4, 0.5) is 5.69 Å². The Morgan fingerprint density at radius 2 is 2.05 bits per heavy atom. The number of nitrogens with one attached hydrogen (secondary N) is 2. The predicted molar refractivity (Wildman–Crippen MR) is 86.7 cm³/mol. The van der Waals surface area contributed by atoms with E-state index in [-0.39, 0.29) is 0 Å². The van der Waals surface area contributed by atoms with E-state index >= 15 is 0 Å². The lowest BCUT2D eigenvalue weighted by molar-refractivity contribution is 0.372. The molecule has 0 radical (unpaired) electrons. The van der Waals surface area contributed by atoms with Gasteiger partial charge in [0.25, 0.3) is 0 Å². The number of hydrogen-bond acceptors (Lipinski definition) is 1. The second-order valence-corrected chi connectivity index (χ2v) is 6.93. The van der Waals surface area contributed by atoms with Gasteiger partial charge >= 0.3 is 0 Å². The Balaban J connectivity index is 1.93. The minimum absolute atomic E-state index is 0.451. The summed E-state index contributed by atoms with van der Waals surface area (Å²) in [6, 6.07) is 6.90. The Morgan fingerprint density at radius 3 is 2.68 bits per heavy atom. The van der Waals surface area contributed by atoms with Crippen molar-refractivity contribution < 1.29 is 0 Å². The van der Waals surface area contributed by atoms with Gasteiger partial charge in [0, 0.05) is 11.7 Å². The molecular formula is C16H24N2S. The average molecular weight is 276 g/mol. The van der Waals surface area contributed by atoms with E-state index < -0.39 is 0 Å². The molecule has 0 saturated heterocycles. The Bertz CT molecular complexity index is 480. The minimum atomic E-state index is 0.451. The first kappa shape index (κ1) is 14.3. The van der Waals surface area contributed by atoms with Gasteiger partial charge in [-0.1, -0.05) is 26.0 Å². The van der Waals surface area contributed by atoms with Crippen molar-refractivity contribution in [2.75, 3.05) is 5.32 Å². The van der Waals surface area contributed by atoms with Crippen LogP contribution in [0.1, 0.15) is 44.2 Å². The molecule has 1 aliphatic rings. The smallest absolute Gasteiger partial charge is 0.171 e. The molecule has 1 unspecified atom stereocenters. The summed E-state index contributed by atoms with van der Waals surface area (Å²) in [6.07, 6.45) is 3.68. The van der Waals surface area contributed by atoms with E-state index in [1.807, 2.05) is 0 Å². The molecule has 0 spiro atoms. The Hall–Kier alpha value is -1.09. The minimum Gasteiger partial charge on any atom is -0.360 e. The highest BCUT2D eigenvalue weighted by Crippen LogP contribution is 2.36. The van der Waals surface area contributed by atoms with E-state index in [2.05, 4.69) is 56.5 Å². The Labute approximate surface area is 122 Å². The molecule has 0 aromatic heterocycles. The molecule has 104 valence electrons. The molecule has 3 heteroatoms. The monoisotopic (exact) mass is 276 g/mol. The van der Waals surface area contributed by atoms with Gasteiger partial charge in [0.2, 0.25) is 0 Å². The number of aryl methyl sites for hydroxylation is 2. The molecule has 1 aromatic carbocycles. The van der Waals surface area contributed by atoms with Crippen LogP contribution < -0.4 is 10.6 Å². The van der Waals surface area contributed by atoms with Crippen LogP contribution in [0, 0.1) is 19.3 Å². The molecule has 0 heterocycles. The molecule has 1 atom stereocenters. The highest BCUT2D eigenvalue weighted by Gasteiger charge is 2.31. The summed E-state index contributed by atoms with van der Waals surface area (Å²) in [5.74, 6) is 0. The number of thiocarbonyl (C=S) groups is 1. The topological polar surface area (TPSA) is 24.1 Å². The molecule has 2 rings (SSSR count). The average Bonchev–Trinajstić information content (AvgIpc) is 2.63. The van der Waals surface area contributed by atoms with Gasteiger partial charge in [-0.15, -0.1) is 0 Å². The van der Waals surface area contributed by atoms with Crippen LogP contribution >= 0.6 is 12.2 Å². The molecule has 1 aromatic rings. The molecule has 0 bridgehead atoms. The van der Waals surface area contributed by atoms with Crippen molar-refractivity contribution in [3.05, 3.63) is 29.3 Å². The van der Waals surface area contributed by atoms with Crippen LogP contribution in [-0.4, -0.2) is 11.2 Å². The summed E-state index contributed by atoms with van der Waals surface area (Å²) >= 11 is 5.43. The van der Waals surface area contributed by atoms with Crippen LogP contribution in [-0.2, 0) is 0 Å². The molecular weight excluding hydrogens is 252 g/mol. The first-order chi connectivity index (χ1) is 8.85. The van der Waals surface area contributed by atoms with Crippen LogP contribution in [0.3, 0.4) is 0 Å². The van der Waals surface area contributed by atoms with Crippen molar-refractivity contribution >= 4 is 23.0 Å². The van der Waals surface area contributed by atoms with E-state index in [9.17, 15) is 0 Å². The summed E-state index contributed by atoms with van der Waals surface area (Å²) in [5, 5.41) is 7.52. The van der Waals surface area contributed by atoms with Crippen molar-refractivity contribution in [2.45, 2.75) is 53.0 Å². The van der Waals surface area contributed by atoms with Crippen LogP contribution in [0.15, 0.2) is 18.2 Å². The zero-order valence-corrected chi connectivity index (χ0v) is 13.2. The summed E-state index contributed by atoms with van der Waals surface area (Å²) in [4.78, 5) is 0. The van der Waals surface area contributed by atoms with Crippen LogP contribution in [0.2, 0.25) is 0 Å². The fourth-order valence-electron chi connectivity index (χ4n) is 2.77. The third-order valence-electron chi connectivity index (χ3n) is 3.95. The van der Waals surface area contributed by atoms with Gasteiger partial charge in [-0.25, -0.2) is 0 Å². The molecule has 19 heavy (non-hydrogen) atoms. The summed E-state index contributed by atoms with van der Waals surface area (Å²) < 4.78 is 0. The van der Waals surface area contributed by atoms with Gasteiger partial charge in [-0.3, -0.25) is 0 Å². The van der Waals surface area contributed by atoms with Crippen LogP contribution in [0.25, 0.3) is 0 Å². The second-order valence-electron chi connectivity index (χ2n) is 6.52. The summed E-state index contributed by atoms with van der Waals surface area (Å²) in [6.45, 7) is 8.86. The standard InChI is InChI=1S/C16H24N2S/c1-11-5-6-12(2)14(9-11)18-15(19)17-13-7-8-16(3,4)10-13/h5-6,9,13H,7-8,10H2,1-4H3,(H2,17,18,19). The number of rotatable bonds is 2. The van der Waals surface area contributed by atoms with E-state index in [0.29, 0.717) is 11.5 Å². The second kappa shape index (κ2) is 5.49. The van der Waals surface area contributed by atoms with Gasteiger partial charge in [-0.2, -0.15) is 0 Å². The largest absolute Gasteiger partial charge is 0.360 e. The van der Waals surface area contributed by atoms with E-state index in [0.717, 1.165) is 10.8 Å². The molecule has 2 N–H and O–H groups in total. The van der Waals surface area contributed by atoms with Crippen molar-refractivity contribution in [1.29, 1.82) is 0 Å². The number of anilines is 1. The maximum atomic E-state index is 5.43. The number of hydrogen-bond donors (Lipinski definition) is 2. The zero-order valence-electron chi connectivity index (χ0n) is 12.3. The van der Waals surface area contributed by atoms with Crippen LogP contribution in [0.5, 0.6) is 0 Å². The molecule has 1 fully saturated rings. The van der Waals surface area contributed by atoms with Crippen molar-refractivity contribution in [3.8, 4) is 0 Å². The highest BCUT2D eigenvalue weighted by atomic mass is 32.1. The lowest BCUT2D eigenvalue weighted by Crippen LogP contribution is -2.36. The summed E-state index contributed by atoms with van der Waals surface area (Å²) in [7, 11) is 0. The van der Waals surface area contributed by atoms with Crippen molar-refractivity contribution in [1.82, 2.24) is 5.32 Å². The molecule has 0 aliphatic heterocycles. The fraction of sp³-hybridized carbons (Fsp3) is 0.562.